The molecule has 0 aliphatic heterocycles. The van der Waals surface area contributed by atoms with E-state index < -0.39 is 29.8 Å². The second kappa shape index (κ2) is 7.48. The Labute approximate surface area is 151 Å². The van der Waals surface area contributed by atoms with E-state index in [4.69, 9.17) is 4.74 Å². The van der Waals surface area contributed by atoms with Crippen LogP contribution in [0.2, 0.25) is 0 Å². The summed E-state index contributed by atoms with van der Waals surface area (Å²) in [6.45, 7) is -0.783. The van der Waals surface area contributed by atoms with E-state index in [2.05, 4.69) is 5.10 Å². The summed E-state index contributed by atoms with van der Waals surface area (Å²) in [6.07, 6.45) is -2.33. The third-order valence-electron chi connectivity index (χ3n) is 3.66. The molecule has 2 aromatic heterocycles. The molecule has 0 amide bonds. The lowest BCUT2D eigenvalue weighted by Crippen LogP contribution is -2.26. The molecule has 0 radical (unpaired) electrons. The summed E-state index contributed by atoms with van der Waals surface area (Å²) in [5.41, 5.74) is -0.459. The van der Waals surface area contributed by atoms with Gasteiger partial charge in [0, 0.05) is 18.5 Å². The Balaban J connectivity index is 1.62. The molecule has 0 spiro atoms. The van der Waals surface area contributed by atoms with Gasteiger partial charge in [0.2, 0.25) is 0 Å². The average molecular weight is 377 g/mol. The maximum atomic E-state index is 12.7. The normalized spacial score (nSPS) is 11.4. The van der Waals surface area contributed by atoms with Gasteiger partial charge in [0.25, 0.3) is 5.56 Å². The number of benzene rings is 1. The Hall–Kier alpha value is -3.36. The first-order chi connectivity index (χ1) is 12.8. The zero-order valence-corrected chi connectivity index (χ0v) is 13.9. The van der Waals surface area contributed by atoms with Gasteiger partial charge in [-0.3, -0.25) is 9.59 Å². The van der Waals surface area contributed by atoms with Gasteiger partial charge in [0.1, 0.15) is 18.8 Å². The third-order valence-corrected chi connectivity index (χ3v) is 3.66. The van der Waals surface area contributed by atoms with Gasteiger partial charge < -0.3 is 9.30 Å². The summed E-state index contributed by atoms with van der Waals surface area (Å²) >= 11 is 0. The van der Waals surface area contributed by atoms with Crippen molar-refractivity contribution in [3.8, 4) is 5.69 Å². The molecule has 0 saturated carbocycles. The number of carbonyl (C=O) groups excluding carboxylic acids is 1. The maximum absolute atomic E-state index is 12.7. The molecule has 9 heteroatoms. The number of hydrogen-bond acceptors (Lipinski definition) is 4. The number of carbonyl (C=O) groups is 1. The standard InChI is InChI=1S/C18H14F3N3O3/c19-18(20,21)13-6-7-16(25)23(10-13)11-17(26)27-12-14-8-9-24(22-14)15-4-2-1-3-5-15/h1-10H,11-12H2. The summed E-state index contributed by atoms with van der Waals surface area (Å²) in [6, 6.07) is 12.3. The quantitative estimate of drug-likeness (QED) is 0.642. The molecular formula is C18H14F3N3O3. The number of pyridine rings is 1. The number of rotatable bonds is 5. The Bertz CT molecular complexity index is 994. The van der Waals surface area contributed by atoms with Crippen LogP contribution >= 0.6 is 0 Å². The first-order valence-corrected chi connectivity index (χ1v) is 7.86. The number of ether oxygens (including phenoxy) is 1. The fraction of sp³-hybridized carbons (Fsp3) is 0.167. The number of aromatic nitrogens is 3. The van der Waals surface area contributed by atoms with Crippen molar-refractivity contribution in [1.29, 1.82) is 0 Å². The van der Waals surface area contributed by atoms with Gasteiger partial charge in [0.15, 0.2) is 0 Å². The minimum atomic E-state index is -4.61. The molecule has 140 valence electrons. The van der Waals surface area contributed by atoms with Crippen molar-refractivity contribution in [2.24, 2.45) is 0 Å². The average Bonchev–Trinajstić information content (AvgIpc) is 3.11. The lowest BCUT2D eigenvalue weighted by molar-refractivity contribution is -0.146. The molecule has 0 atom stereocenters. The van der Waals surface area contributed by atoms with Crippen LogP contribution in [0.25, 0.3) is 5.69 Å². The van der Waals surface area contributed by atoms with Gasteiger partial charge in [0.05, 0.1) is 11.3 Å². The Kier molecular flexibility index (Phi) is 5.11. The molecule has 6 nitrogen and oxygen atoms in total. The van der Waals surface area contributed by atoms with Gasteiger partial charge in [-0.15, -0.1) is 0 Å². The number of para-hydroxylation sites is 1. The second-order valence-electron chi connectivity index (χ2n) is 5.63. The lowest BCUT2D eigenvalue weighted by Gasteiger charge is -2.10. The van der Waals surface area contributed by atoms with Crippen molar-refractivity contribution >= 4 is 5.97 Å². The number of hydrogen-bond donors (Lipinski definition) is 0. The molecule has 0 bridgehead atoms. The molecule has 3 aromatic rings. The van der Waals surface area contributed by atoms with Crippen molar-refractivity contribution < 1.29 is 22.7 Å². The van der Waals surface area contributed by atoms with Gasteiger partial charge >= 0.3 is 12.1 Å². The highest BCUT2D eigenvalue weighted by Gasteiger charge is 2.31. The van der Waals surface area contributed by atoms with E-state index in [0.717, 1.165) is 11.8 Å². The summed E-state index contributed by atoms with van der Waals surface area (Å²) in [4.78, 5) is 23.5. The molecule has 0 aliphatic rings. The highest BCUT2D eigenvalue weighted by molar-refractivity contribution is 5.69. The van der Waals surface area contributed by atoms with Crippen molar-refractivity contribution in [2.75, 3.05) is 0 Å². The number of esters is 1. The number of nitrogens with zero attached hydrogens (tertiary/aromatic N) is 3. The van der Waals surface area contributed by atoms with Crippen LogP contribution in [0.5, 0.6) is 0 Å². The smallest absolute Gasteiger partial charge is 0.417 e. The Morgan fingerprint density at radius 3 is 2.52 bits per heavy atom. The van der Waals surface area contributed by atoms with Crippen molar-refractivity contribution in [1.82, 2.24) is 14.3 Å². The van der Waals surface area contributed by atoms with Crippen LogP contribution in [0.1, 0.15) is 11.3 Å². The van der Waals surface area contributed by atoms with Crippen LogP contribution in [-0.4, -0.2) is 20.3 Å². The predicted molar refractivity (Wildman–Crippen MR) is 89.1 cm³/mol. The monoisotopic (exact) mass is 377 g/mol. The first kappa shape index (κ1) is 18.4. The topological polar surface area (TPSA) is 66.1 Å². The highest BCUT2D eigenvalue weighted by Crippen LogP contribution is 2.28. The van der Waals surface area contributed by atoms with Crippen LogP contribution in [-0.2, 0) is 28.9 Å². The van der Waals surface area contributed by atoms with E-state index in [1.807, 2.05) is 30.3 Å². The minimum Gasteiger partial charge on any atom is -0.458 e. The van der Waals surface area contributed by atoms with Crippen LogP contribution in [0.4, 0.5) is 13.2 Å². The summed E-state index contributed by atoms with van der Waals surface area (Å²) in [5.74, 6) is -0.842. The van der Waals surface area contributed by atoms with E-state index in [0.29, 0.717) is 22.5 Å². The molecule has 1 aromatic carbocycles. The summed E-state index contributed by atoms with van der Waals surface area (Å²) < 4.78 is 45.4. The van der Waals surface area contributed by atoms with E-state index in [-0.39, 0.29) is 6.61 Å². The van der Waals surface area contributed by atoms with Crippen LogP contribution in [0, 0.1) is 0 Å². The SMILES string of the molecule is O=C(Cn1cc(C(F)(F)F)ccc1=O)OCc1ccn(-c2ccccc2)n1. The van der Waals surface area contributed by atoms with Gasteiger partial charge in [-0.2, -0.15) is 18.3 Å². The van der Waals surface area contributed by atoms with Crippen LogP contribution in [0.3, 0.4) is 0 Å². The predicted octanol–water partition coefficient (Wildman–Crippen LogP) is 2.80. The minimum absolute atomic E-state index is 0.160. The third kappa shape index (κ3) is 4.63. The molecule has 0 fully saturated rings. The zero-order chi connectivity index (χ0) is 19.4. The van der Waals surface area contributed by atoms with Gasteiger partial charge in [-0.1, -0.05) is 18.2 Å². The largest absolute Gasteiger partial charge is 0.458 e. The van der Waals surface area contributed by atoms with Gasteiger partial charge in [-0.25, -0.2) is 4.68 Å². The van der Waals surface area contributed by atoms with Crippen LogP contribution < -0.4 is 5.56 Å². The Morgan fingerprint density at radius 1 is 1.07 bits per heavy atom. The van der Waals surface area contributed by atoms with Crippen molar-refractivity contribution in [3.05, 3.63) is 82.5 Å². The second-order valence-corrected chi connectivity index (χ2v) is 5.63. The molecule has 0 saturated heterocycles. The zero-order valence-electron chi connectivity index (χ0n) is 13.9. The molecule has 3 rings (SSSR count). The van der Waals surface area contributed by atoms with Crippen LogP contribution in [0.15, 0.2) is 65.7 Å². The number of alkyl halides is 3. The molecule has 0 N–H and O–H groups in total. The fourth-order valence-corrected chi connectivity index (χ4v) is 2.32. The molecule has 2 heterocycles. The lowest BCUT2D eigenvalue weighted by atomic mass is 10.3. The van der Waals surface area contributed by atoms with Gasteiger partial charge in [-0.05, 0) is 24.3 Å². The Morgan fingerprint density at radius 2 is 1.81 bits per heavy atom. The molecule has 0 aliphatic carbocycles. The summed E-state index contributed by atoms with van der Waals surface area (Å²) in [5, 5.41) is 4.25. The number of halogens is 3. The maximum Gasteiger partial charge on any atom is 0.417 e. The fourth-order valence-electron chi connectivity index (χ4n) is 2.32. The summed E-state index contributed by atoms with van der Waals surface area (Å²) in [7, 11) is 0. The van der Waals surface area contributed by atoms with E-state index >= 15 is 0 Å². The van der Waals surface area contributed by atoms with E-state index in [9.17, 15) is 22.8 Å². The molecule has 27 heavy (non-hydrogen) atoms. The molecule has 0 unspecified atom stereocenters. The highest BCUT2D eigenvalue weighted by atomic mass is 19.4. The van der Waals surface area contributed by atoms with E-state index in [1.165, 1.54) is 0 Å². The van der Waals surface area contributed by atoms with Crippen molar-refractivity contribution in [3.63, 3.8) is 0 Å². The van der Waals surface area contributed by atoms with Crippen molar-refractivity contribution in [2.45, 2.75) is 19.3 Å². The molecular weight excluding hydrogens is 363 g/mol. The van der Waals surface area contributed by atoms with E-state index in [1.54, 1.807) is 16.9 Å². The first-order valence-electron chi connectivity index (χ1n) is 7.86.